The average molecular weight is 306 g/mol. The number of carbonyl (C=O) groups excluding carboxylic acids is 1. The van der Waals surface area contributed by atoms with E-state index in [4.69, 9.17) is 10.5 Å². The third-order valence-corrected chi connectivity index (χ3v) is 3.49. The standard InChI is InChI=1S/C19H18N2O2/c1-12(2)23-17-9-8-16(15-7-4-10-21-18(15)17)19(22)13-5-3-6-14(20)11-13/h3-12H,20H2,1-2H3. The smallest absolute Gasteiger partial charge is 0.193 e. The van der Waals surface area contributed by atoms with Gasteiger partial charge in [-0.15, -0.1) is 0 Å². The van der Waals surface area contributed by atoms with Gasteiger partial charge in [-0.05, 0) is 44.2 Å². The van der Waals surface area contributed by atoms with Crippen molar-refractivity contribution in [2.75, 3.05) is 5.73 Å². The first-order valence-electron chi connectivity index (χ1n) is 7.51. The van der Waals surface area contributed by atoms with Gasteiger partial charge in [-0.3, -0.25) is 9.78 Å². The van der Waals surface area contributed by atoms with Crippen molar-refractivity contribution in [1.29, 1.82) is 0 Å². The minimum Gasteiger partial charge on any atom is -0.489 e. The zero-order valence-corrected chi connectivity index (χ0v) is 13.1. The van der Waals surface area contributed by atoms with Gasteiger partial charge in [-0.2, -0.15) is 0 Å². The second-order valence-corrected chi connectivity index (χ2v) is 5.63. The van der Waals surface area contributed by atoms with Crippen LogP contribution >= 0.6 is 0 Å². The summed E-state index contributed by atoms with van der Waals surface area (Å²) in [5.74, 6) is 0.603. The zero-order valence-electron chi connectivity index (χ0n) is 13.1. The van der Waals surface area contributed by atoms with E-state index in [1.54, 1.807) is 42.6 Å². The Balaban J connectivity index is 2.14. The molecule has 116 valence electrons. The Kier molecular flexibility index (Phi) is 3.98. The molecule has 3 rings (SSSR count). The van der Waals surface area contributed by atoms with Gasteiger partial charge in [0.2, 0.25) is 0 Å². The van der Waals surface area contributed by atoms with Gasteiger partial charge in [0, 0.05) is 28.4 Å². The molecule has 3 aromatic rings. The molecule has 0 amide bonds. The highest BCUT2D eigenvalue weighted by Gasteiger charge is 2.16. The van der Waals surface area contributed by atoms with Gasteiger partial charge in [0.05, 0.1) is 6.10 Å². The van der Waals surface area contributed by atoms with E-state index in [0.29, 0.717) is 28.1 Å². The molecule has 4 nitrogen and oxygen atoms in total. The molecule has 0 bridgehead atoms. The molecule has 0 aliphatic carbocycles. The van der Waals surface area contributed by atoms with Crippen molar-refractivity contribution in [2.45, 2.75) is 20.0 Å². The summed E-state index contributed by atoms with van der Waals surface area (Å²) in [6, 6.07) is 14.3. The number of fused-ring (bicyclic) bond motifs is 1. The number of hydrogen-bond acceptors (Lipinski definition) is 4. The molecule has 0 saturated carbocycles. The number of anilines is 1. The molecule has 0 radical (unpaired) electrons. The van der Waals surface area contributed by atoms with Gasteiger partial charge in [0.1, 0.15) is 11.3 Å². The van der Waals surface area contributed by atoms with Gasteiger partial charge in [0.15, 0.2) is 5.78 Å². The Labute approximate surface area is 134 Å². The minimum absolute atomic E-state index is 0.0377. The fourth-order valence-electron chi connectivity index (χ4n) is 2.53. The Morgan fingerprint density at radius 3 is 2.70 bits per heavy atom. The Morgan fingerprint density at radius 1 is 1.13 bits per heavy atom. The third-order valence-electron chi connectivity index (χ3n) is 3.49. The maximum Gasteiger partial charge on any atom is 0.193 e. The molecule has 0 saturated heterocycles. The van der Waals surface area contributed by atoms with E-state index >= 15 is 0 Å². The van der Waals surface area contributed by atoms with Crippen LogP contribution in [-0.2, 0) is 0 Å². The summed E-state index contributed by atoms with van der Waals surface area (Å²) in [5.41, 5.74) is 8.19. The molecule has 0 atom stereocenters. The fraction of sp³-hybridized carbons (Fsp3) is 0.158. The second-order valence-electron chi connectivity index (χ2n) is 5.63. The Morgan fingerprint density at radius 2 is 1.96 bits per heavy atom. The van der Waals surface area contributed by atoms with Gasteiger partial charge in [-0.1, -0.05) is 18.2 Å². The van der Waals surface area contributed by atoms with Crippen LogP contribution in [-0.4, -0.2) is 16.9 Å². The number of hydrogen-bond donors (Lipinski definition) is 1. The number of ketones is 1. The van der Waals surface area contributed by atoms with E-state index in [-0.39, 0.29) is 11.9 Å². The largest absolute Gasteiger partial charge is 0.489 e. The van der Waals surface area contributed by atoms with E-state index in [1.165, 1.54) is 0 Å². The predicted octanol–water partition coefficient (Wildman–Crippen LogP) is 3.84. The van der Waals surface area contributed by atoms with Crippen molar-refractivity contribution < 1.29 is 9.53 Å². The normalized spacial score (nSPS) is 10.9. The lowest BCUT2D eigenvalue weighted by Gasteiger charge is -2.13. The predicted molar refractivity (Wildman–Crippen MR) is 91.8 cm³/mol. The number of rotatable bonds is 4. The van der Waals surface area contributed by atoms with E-state index in [1.807, 2.05) is 26.0 Å². The maximum absolute atomic E-state index is 12.8. The van der Waals surface area contributed by atoms with Gasteiger partial charge < -0.3 is 10.5 Å². The number of nitrogen functional groups attached to an aromatic ring is 1. The number of pyridine rings is 1. The molecule has 0 aliphatic heterocycles. The van der Waals surface area contributed by atoms with Crippen molar-refractivity contribution in [3.05, 3.63) is 65.9 Å². The van der Waals surface area contributed by atoms with Crippen LogP contribution in [0.4, 0.5) is 5.69 Å². The summed E-state index contributed by atoms with van der Waals surface area (Å²) in [5, 5.41) is 0.776. The number of aromatic nitrogens is 1. The molecular weight excluding hydrogens is 288 g/mol. The summed E-state index contributed by atoms with van der Waals surface area (Å²) in [6.07, 6.45) is 1.74. The average Bonchev–Trinajstić information content (AvgIpc) is 2.54. The molecule has 2 aromatic carbocycles. The van der Waals surface area contributed by atoms with Crippen LogP contribution in [0.2, 0.25) is 0 Å². The summed E-state index contributed by atoms with van der Waals surface area (Å²) < 4.78 is 5.79. The number of carbonyl (C=O) groups is 1. The van der Waals surface area contributed by atoms with Crippen LogP contribution in [0.5, 0.6) is 5.75 Å². The van der Waals surface area contributed by atoms with E-state index in [9.17, 15) is 4.79 Å². The van der Waals surface area contributed by atoms with Crippen LogP contribution in [0.25, 0.3) is 10.9 Å². The van der Waals surface area contributed by atoms with Crippen LogP contribution in [0.1, 0.15) is 29.8 Å². The molecule has 23 heavy (non-hydrogen) atoms. The van der Waals surface area contributed by atoms with Crippen molar-refractivity contribution >= 4 is 22.4 Å². The molecular formula is C19H18N2O2. The van der Waals surface area contributed by atoms with Crippen molar-refractivity contribution in [3.8, 4) is 5.75 Å². The van der Waals surface area contributed by atoms with E-state index < -0.39 is 0 Å². The van der Waals surface area contributed by atoms with E-state index in [2.05, 4.69) is 4.98 Å². The molecule has 1 aromatic heterocycles. The minimum atomic E-state index is -0.0774. The summed E-state index contributed by atoms with van der Waals surface area (Å²) in [6.45, 7) is 3.92. The topological polar surface area (TPSA) is 65.2 Å². The van der Waals surface area contributed by atoms with Crippen molar-refractivity contribution in [1.82, 2.24) is 4.98 Å². The number of ether oxygens (including phenoxy) is 1. The molecule has 0 aliphatic rings. The van der Waals surface area contributed by atoms with Gasteiger partial charge >= 0.3 is 0 Å². The number of nitrogens with two attached hydrogens (primary N) is 1. The van der Waals surface area contributed by atoms with Crippen LogP contribution in [0, 0.1) is 0 Å². The molecule has 2 N–H and O–H groups in total. The highest BCUT2D eigenvalue weighted by molar-refractivity contribution is 6.16. The molecule has 4 heteroatoms. The third kappa shape index (κ3) is 3.01. The Bertz CT molecular complexity index is 872. The number of benzene rings is 2. The first-order valence-corrected chi connectivity index (χ1v) is 7.51. The summed E-state index contributed by atoms with van der Waals surface area (Å²) in [4.78, 5) is 17.2. The summed E-state index contributed by atoms with van der Waals surface area (Å²) >= 11 is 0. The molecule has 0 spiro atoms. The zero-order chi connectivity index (χ0) is 16.4. The highest BCUT2D eigenvalue weighted by atomic mass is 16.5. The quantitative estimate of drug-likeness (QED) is 0.587. The monoisotopic (exact) mass is 306 g/mol. The highest BCUT2D eigenvalue weighted by Crippen LogP contribution is 2.29. The van der Waals surface area contributed by atoms with Crippen molar-refractivity contribution in [2.24, 2.45) is 0 Å². The maximum atomic E-state index is 12.8. The molecule has 0 unspecified atom stereocenters. The molecule has 0 fully saturated rings. The van der Waals surface area contributed by atoms with Crippen molar-refractivity contribution in [3.63, 3.8) is 0 Å². The first kappa shape index (κ1) is 15.0. The second kappa shape index (κ2) is 6.08. The fourth-order valence-corrected chi connectivity index (χ4v) is 2.53. The SMILES string of the molecule is CC(C)Oc1ccc(C(=O)c2cccc(N)c2)c2cccnc12. The lowest BCUT2D eigenvalue weighted by Crippen LogP contribution is -2.08. The Hall–Kier alpha value is -2.88. The van der Waals surface area contributed by atoms with Gasteiger partial charge in [0.25, 0.3) is 0 Å². The van der Waals surface area contributed by atoms with Gasteiger partial charge in [-0.25, -0.2) is 0 Å². The van der Waals surface area contributed by atoms with Crippen LogP contribution < -0.4 is 10.5 Å². The number of nitrogens with zero attached hydrogens (tertiary/aromatic N) is 1. The lowest BCUT2D eigenvalue weighted by atomic mass is 9.98. The van der Waals surface area contributed by atoms with Crippen LogP contribution in [0.3, 0.4) is 0 Å². The molecule has 1 heterocycles. The van der Waals surface area contributed by atoms with E-state index in [0.717, 1.165) is 5.39 Å². The summed E-state index contributed by atoms with van der Waals surface area (Å²) in [7, 11) is 0. The first-order chi connectivity index (χ1) is 11.1. The lowest BCUT2D eigenvalue weighted by molar-refractivity contribution is 0.104. The van der Waals surface area contributed by atoms with Crippen LogP contribution in [0.15, 0.2) is 54.7 Å².